The number of ketones is 1. The van der Waals surface area contributed by atoms with Crippen molar-refractivity contribution in [1.29, 1.82) is 0 Å². The number of Topliss-reactive ketones (excluding diaryl/α,β-unsaturated/α-hetero) is 1. The summed E-state index contributed by atoms with van der Waals surface area (Å²) < 4.78 is 12.1. The van der Waals surface area contributed by atoms with Crippen LogP contribution in [-0.2, 0) is 0 Å². The molecule has 5 heteroatoms. The Morgan fingerprint density at radius 1 is 1.15 bits per heavy atom. The van der Waals surface area contributed by atoms with Crippen molar-refractivity contribution in [2.24, 2.45) is 5.92 Å². The molecular formula is C15H18BrNO3. The van der Waals surface area contributed by atoms with E-state index in [1.165, 1.54) is 0 Å². The summed E-state index contributed by atoms with van der Waals surface area (Å²) in [6, 6.07) is 3.68. The minimum atomic E-state index is 0.109. The van der Waals surface area contributed by atoms with E-state index in [1.807, 2.05) is 12.1 Å². The number of benzene rings is 1. The smallest absolute Gasteiger partial charge is 0.167 e. The number of carbonyl (C=O) groups is 1. The number of rotatable bonds is 2. The van der Waals surface area contributed by atoms with Crippen molar-refractivity contribution in [1.82, 2.24) is 5.32 Å². The fourth-order valence-electron chi connectivity index (χ4n) is 2.68. The van der Waals surface area contributed by atoms with Gasteiger partial charge in [0.05, 0.1) is 13.2 Å². The van der Waals surface area contributed by atoms with Crippen molar-refractivity contribution in [3.05, 3.63) is 22.2 Å². The molecule has 20 heavy (non-hydrogen) atoms. The van der Waals surface area contributed by atoms with E-state index in [4.69, 9.17) is 9.47 Å². The summed E-state index contributed by atoms with van der Waals surface area (Å²) in [7, 11) is 0. The third kappa shape index (κ3) is 2.83. The van der Waals surface area contributed by atoms with E-state index >= 15 is 0 Å². The van der Waals surface area contributed by atoms with Crippen molar-refractivity contribution in [3.63, 3.8) is 0 Å². The highest BCUT2D eigenvalue weighted by molar-refractivity contribution is 9.10. The molecule has 1 aromatic rings. The van der Waals surface area contributed by atoms with Crippen LogP contribution in [0.25, 0.3) is 0 Å². The molecule has 108 valence electrons. The van der Waals surface area contributed by atoms with Gasteiger partial charge in [-0.05, 0) is 54.0 Å². The summed E-state index contributed by atoms with van der Waals surface area (Å²) in [6.07, 6.45) is 2.67. The molecule has 1 aromatic carbocycles. The molecule has 0 amide bonds. The van der Waals surface area contributed by atoms with E-state index in [0.717, 1.165) is 42.6 Å². The topological polar surface area (TPSA) is 47.6 Å². The Morgan fingerprint density at radius 2 is 1.80 bits per heavy atom. The van der Waals surface area contributed by atoms with Crippen LogP contribution in [0.5, 0.6) is 11.5 Å². The van der Waals surface area contributed by atoms with Gasteiger partial charge in [-0.2, -0.15) is 0 Å². The first-order valence-electron chi connectivity index (χ1n) is 7.10. The highest BCUT2D eigenvalue weighted by Crippen LogP contribution is 2.36. The van der Waals surface area contributed by atoms with Gasteiger partial charge in [0.25, 0.3) is 0 Å². The van der Waals surface area contributed by atoms with Crippen LogP contribution >= 0.6 is 15.9 Å². The van der Waals surface area contributed by atoms with Crippen molar-refractivity contribution in [3.8, 4) is 11.5 Å². The molecule has 0 aromatic heterocycles. The first-order chi connectivity index (χ1) is 9.75. The lowest BCUT2D eigenvalue weighted by atomic mass is 9.89. The van der Waals surface area contributed by atoms with Gasteiger partial charge < -0.3 is 14.8 Å². The van der Waals surface area contributed by atoms with E-state index in [1.54, 1.807) is 0 Å². The lowest BCUT2D eigenvalue weighted by Crippen LogP contribution is -2.32. The Bertz CT molecular complexity index is 512. The summed E-state index contributed by atoms with van der Waals surface area (Å²) >= 11 is 3.50. The maximum Gasteiger partial charge on any atom is 0.167 e. The molecule has 0 atom stereocenters. The summed E-state index contributed by atoms with van der Waals surface area (Å²) in [5.74, 6) is 1.71. The molecule has 0 unspecified atom stereocenters. The van der Waals surface area contributed by atoms with Gasteiger partial charge in [0.1, 0.15) is 0 Å². The number of piperidine rings is 1. The van der Waals surface area contributed by atoms with Crippen molar-refractivity contribution in [2.45, 2.75) is 19.3 Å². The van der Waals surface area contributed by atoms with Gasteiger partial charge >= 0.3 is 0 Å². The van der Waals surface area contributed by atoms with Crippen molar-refractivity contribution >= 4 is 21.7 Å². The fraction of sp³-hybridized carbons (Fsp3) is 0.533. The Labute approximate surface area is 127 Å². The fourth-order valence-corrected chi connectivity index (χ4v) is 3.19. The largest absolute Gasteiger partial charge is 0.490 e. The van der Waals surface area contributed by atoms with Gasteiger partial charge in [0.2, 0.25) is 0 Å². The van der Waals surface area contributed by atoms with Crippen molar-refractivity contribution < 1.29 is 14.3 Å². The van der Waals surface area contributed by atoms with Crippen LogP contribution in [0.2, 0.25) is 0 Å². The molecule has 2 aliphatic rings. The SMILES string of the molecule is O=C(c1cc2c(cc1Br)OCCCO2)C1CCNCC1. The molecule has 1 fully saturated rings. The zero-order valence-electron chi connectivity index (χ0n) is 11.3. The standard InChI is InChI=1S/C15H18BrNO3/c16-12-9-14-13(19-6-1-7-20-14)8-11(12)15(18)10-2-4-17-5-3-10/h8-10,17H,1-7H2. The second-order valence-electron chi connectivity index (χ2n) is 5.22. The summed E-state index contributed by atoms with van der Waals surface area (Å²) in [5, 5.41) is 3.29. The number of fused-ring (bicyclic) bond motifs is 1. The van der Waals surface area contributed by atoms with E-state index in [-0.39, 0.29) is 11.7 Å². The molecule has 0 radical (unpaired) electrons. The maximum atomic E-state index is 12.6. The van der Waals surface area contributed by atoms with Crippen LogP contribution in [0.15, 0.2) is 16.6 Å². The second kappa shape index (κ2) is 6.14. The van der Waals surface area contributed by atoms with E-state index in [9.17, 15) is 4.79 Å². The molecule has 0 spiro atoms. The van der Waals surface area contributed by atoms with Crippen LogP contribution in [0.3, 0.4) is 0 Å². The van der Waals surface area contributed by atoms with Gasteiger partial charge in [0, 0.05) is 22.4 Å². The van der Waals surface area contributed by atoms with E-state index in [0.29, 0.717) is 24.5 Å². The van der Waals surface area contributed by atoms with Crippen LogP contribution < -0.4 is 14.8 Å². The van der Waals surface area contributed by atoms with E-state index in [2.05, 4.69) is 21.2 Å². The molecule has 0 saturated carbocycles. The number of halogens is 1. The minimum absolute atomic E-state index is 0.109. The molecule has 1 saturated heterocycles. The number of carbonyl (C=O) groups excluding carboxylic acids is 1. The first-order valence-corrected chi connectivity index (χ1v) is 7.89. The lowest BCUT2D eigenvalue weighted by molar-refractivity contribution is 0.0894. The Kier molecular flexibility index (Phi) is 4.27. The predicted molar refractivity (Wildman–Crippen MR) is 79.7 cm³/mol. The third-order valence-electron chi connectivity index (χ3n) is 3.81. The molecule has 0 bridgehead atoms. The number of hydrogen-bond acceptors (Lipinski definition) is 4. The molecule has 3 rings (SSSR count). The number of nitrogens with one attached hydrogen (secondary N) is 1. The van der Waals surface area contributed by atoms with Gasteiger partial charge in [0.15, 0.2) is 17.3 Å². The minimum Gasteiger partial charge on any atom is -0.490 e. The monoisotopic (exact) mass is 339 g/mol. The third-order valence-corrected chi connectivity index (χ3v) is 4.47. The van der Waals surface area contributed by atoms with Crippen LogP contribution in [0, 0.1) is 5.92 Å². The number of ether oxygens (including phenoxy) is 2. The zero-order chi connectivity index (χ0) is 13.9. The van der Waals surface area contributed by atoms with Gasteiger partial charge in [-0.3, -0.25) is 4.79 Å². The molecule has 0 aliphatic carbocycles. The highest BCUT2D eigenvalue weighted by atomic mass is 79.9. The molecule has 2 aliphatic heterocycles. The Hall–Kier alpha value is -1.07. The summed E-state index contributed by atoms with van der Waals surface area (Å²) in [6.45, 7) is 3.12. The van der Waals surface area contributed by atoms with Gasteiger partial charge in [-0.15, -0.1) is 0 Å². The normalized spacial score (nSPS) is 19.4. The average Bonchev–Trinajstić information content (AvgIpc) is 2.71. The summed E-state index contributed by atoms with van der Waals surface area (Å²) in [4.78, 5) is 12.6. The van der Waals surface area contributed by atoms with Crippen molar-refractivity contribution in [2.75, 3.05) is 26.3 Å². The zero-order valence-corrected chi connectivity index (χ0v) is 12.9. The van der Waals surface area contributed by atoms with Gasteiger partial charge in [-0.1, -0.05) is 0 Å². The van der Waals surface area contributed by atoms with Crippen LogP contribution in [0.4, 0.5) is 0 Å². The van der Waals surface area contributed by atoms with E-state index < -0.39 is 0 Å². The van der Waals surface area contributed by atoms with Crippen LogP contribution in [-0.4, -0.2) is 32.1 Å². The van der Waals surface area contributed by atoms with Gasteiger partial charge in [-0.25, -0.2) is 0 Å². The molecule has 4 nitrogen and oxygen atoms in total. The summed E-state index contributed by atoms with van der Waals surface area (Å²) in [5.41, 5.74) is 0.709. The quantitative estimate of drug-likeness (QED) is 0.841. The molecule has 1 N–H and O–H groups in total. The molecular weight excluding hydrogens is 322 g/mol. The lowest BCUT2D eigenvalue weighted by Gasteiger charge is -2.22. The highest BCUT2D eigenvalue weighted by Gasteiger charge is 2.25. The predicted octanol–water partition coefficient (Wildman–Crippen LogP) is 2.79. The first kappa shape index (κ1) is 13.9. The average molecular weight is 340 g/mol. The molecule has 2 heterocycles. The van der Waals surface area contributed by atoms with Crippen LogP contribution in [0.1, 0.15) is 29.6 Å². The number of hydrogen-bond donors (Lipinski definition) is 1. The second-order valence-corrected chi connectivity index (χ2v) is 6.07. The Balaban J connectivity index is 1.88. The Morgan fingerprint density at radius 3 is 2.50 bits per heavy atom. The maximum absolute atomic E-state index is 12.6.